The number of benzene rings is 1. The molecule has 1 aromatic carbocycles. The molecule has 24 heavy (non-hydrogen) atoms. The third-order valence-corrected chi connectivity index (χ3v) is 4.60. The minimum absolute atomic E-state index is 0.121. The molecule has 3 rings (SSSR count). The molecule has 0 saturated heterocycles. The smallest absolute Gasteiger partial charge is 0.270 e. The standard InChI is InChI=1S/C18H21BrN4O/c1-12-20-16(18(24)23-14-7-3-2-4-8-14)11-17(21-12)22-15-9-5-6-13(19)10-15/h5-6,9-11,14H,2-4,7-8H2,1H3,(H,23,24)(H,20,21,22). The number of aryl methyl sites for hydroxylation is 1. The molecule has 0 unspecified atom stereocenters. The summed E-state index contributed by atoms with van der Waals surface area (Å²) in [5.74, 6) is 1.07. The fraction of sp³-hybridized carbons (Fsp3) is 0.389. The quantitative estimate of drug-likeness (QED) is 0.816. The second-order valence-corrected chi connectivity index (χ2v) is 7.05. The summed E-state index contributed by atoms with van der Waals surface area (Å²) in [5, 5.41) is 6.32. The summed E-state index contributed by atoms with van der Waals surface area (Å²) in [6.45, 7) is 1.80. The Bertz CT molecular complexity index is 729. The molecular formula is C18H21BrN4O. The zero-order valence-corrected chi connectivity index (χ0v) is 15.3. The highest BCUT2D eigenvalue weighted by atomic mass is 79.9. The first-order valence-corrected chi connectivity index (χ1v) is 9.08. The Morgan fingerprint density at radius 3 is 2.71 bits per heavy atom. The van der Waals surface area contributed by atoms with Crippen molar-refractivity contribution in [2.45, 2.75) is 45.1 Å². The fourth-order valence-corrected chi connectivity index (χ4v) is 3.37. The van der Waals surface area contributed by atoms with Gasteiger partial charge in [-0.25, -0.2) is 9.97 Å². The van der Waals surface area contributed by atoms with E-state index in [1.165, 1.54) is 19.3 Å². The monoisotopic (exact) mass is 388 g/mol. The minimum Gasteiger partial charge on any atom is -0.348 e. The summed E-state index contributed by atoms with van der Waals surface area (Å²) in [6, 6.07) is 9.77. The van der Waals surface area contributed by atoms with Crippen LogP contribution in [0.3, 0.4) is 0 Å². The van der Waals surface area contributed by atoms with Crippen LogP contribution in [0.25, 0.3) is 0 Å². The molecule has 0 spiro atoms. The van der Waals surface area contributed by atoms with E-state index >= 15 is 0 Å². The molecule has 126 valence electrons. The van der Waals surface area contributed by atoms with Crippen LogP contribution in [0.15, 0.2) is 34.8 Å². The molecule has 0 aliphatic heterocycles. The number of hydrogen-bond donors (Lipinski definition) is 2. The van der Waals surface area contributed by atoms with E-state index in [2.05, 4.69) is 36.5 Å². The SMILES string of the molecule is Cc1nc(Nc2cccc(Br)c2)cc(C(=O)NC2CCCCC2)n1. The van der Waals surface area contributed by atoms with Crippen molar-refractivity contribution in [1.82, 2.24) is 15.3 Å². The van der Waals surface area contributed by atoms with Crippen LogP contribution in [0.2, 0.25) is 0 Å². The lowest BCUT2D eigenvalue weighted by Crippen LogP contribution is -2.36. The summed E-state index contributed by atoms with van der Waals surface area (Å²) in [4.78, 5) is 21.1. The van der Waals surface area contributed by atoms with E-state index in [9.17, 15) is 4.79 Å². The zero-order valence-electron chi connectivity index (χ0n) is 13.7. The highest BCUT2D eigenvalue weighted by molar-refractivity contribution is 9.10. The van der Waals surface area contributed by atoms with Crippen LogP contribution >= 0.6 is 15.9 Å². The Morgan fingerprint density at radius 2 is 1.96 bits per heavy atom. The number of aromatic nitrogens is 2. The van der Waals surface area contributed by atoms with Gasteiger partial charge in [-0.15, -0.1) is 0 Å². The van der Waals surface area contributed by atoms with E-state index in [0.717, 1.165) is 23.0 Å². The third-order valence-electron chi connectivity index (χ3n) is 4.11. The van der Waals surface area contributed by atoms with Crippen molar-refractivity contribution in [3.63, 3.8) is 0 Å². The highest BCUT2D eigenvalue weighted by Gasteiger charge is 2.18. The highest BCUT2D eigenvalue weighted by Crippen LogP contribution is 2.21. The Kier molecular flexibility index (Phi) is 5.45. The number of rotatable bonds is 4. The third kappa shape index (κ3) is 4.54. The van der Waals surface area contributed by atoms with Crippen LogP contribution in [0.4, 0.5) is 11.5 Å². The van der Waals surface area contributed by atoms with Crippen molar-refractivity contribution < 1.29 is 4.79 Å². The lowest BCUT2D eigenvalue weighted by molar-refractivity contribution is 0.0922. The molecule has 1 aliphatic rings. The number of nitrogens with zero attached hydrogens (tertiary/aromatic N) is 2. The maximum atomic E-state index is 12.5. The van der Waals surface area contributed by atoms with Crippen LogP contribution < -0.4 is 10.6 Å². The average molecular weight is 389 g/mol. The lowest BCUT2D eigenvalue weighted by Gasteiger charge is -2.22. The molecule has 1 heterocycles. The van der Waals surface area contributed by atoms with E-state index in [4.69, 9.17) is 0 Å². The predicted molar refractivity (Wildman–Crippen MR) is 98.5 cm³/mol. The molecule has 1 amide bonds. The van der Waals surface area contributed by atoms with Crippen molar-refractivity contribution >= 4 is 33.3 Å². The second kappa shape index (κ2) is 7.75. The van der Waals surface area contributed by atoms with E-state index in [0.29, 0.717) is 17.3 Å². The number of carbonyl (C=O) groups is 1. The molecular weight excluding hydrogens is 368 g/mol. The topological polar surface area (TPSA) is 66.9 Å². The van der Waals surface area contributed by atoms with Crippen LogP contribution in [0.5, 0.6) is 0 Å². The van der Waals surface area contributed by atoms with E-state index in [-0.39, 0.29) is 11.9 Å². The van der Waals surface area contributed by atoms with E-state index in [1.807, 2.05) is 24.3 Å². The molecule has 2 N–H and O–H groups in total. The number of nitrogens with one attached hydrogen (secondary N) is 2. The zero-order chi connectivity index (χ0) is 16.9. The molecule has 2 aromatic rings. The molecule has 1 saturated carbocycles. The molecule has 6 heteroatoms. The van der Waals surface area contributed by atoms with Gasteiger partial charge in [0.05, 0.1) is 0 Å². The maximum absolute atomic E-state index is 12.5. The van der Waals surface area contributed by atoms with Crippen molar-refractivity contribution in [3.05, 3.63) is 46.3 Å². The van der Waals surface area contributed by atoms with Crippen LogP contribution in [-0.4, -0.2) is 21.9 Å². The second-order valence-electron chi connectivity index (χ2n) is 6.13. The van der Waals surface area contributed by atoms with Crippen molar-refractivity contribution in [1.29, 1.82) is 0 Å². The Morgan fingerprint density at radius 1 is 1.17 bits per heavy atom. The largest absolute Gasteiger partial charge is 0.348 e. The lowest BCUT2D eigenvalue weighted by atomic mass is 9.95. The van der Waals surface area contributed by atoms with Gasteiger partial charge in [0.2, 0.25) is 0 Å². The van der Waals surface area contributed by atoms with Gasteiger partial charge in [0.1, 0.15) is 17.3 Å². The number of carbonyl (C=O) groups excluding carboxylic acids is 1. The van der Waals surface area contributed by atoms with Crippen molar-refractivity contribution in [2.75, 3.05) is 5.32 Å². The van der Waals surface area contributed by atoms with Gasteiger partial charge in [0.15, 0.2) is 0 Å². The van der Waals surface area contributed by atoms with E-state index in [1.54, 1.807) is 13.0 Å². The van der Waals surface area contributed by atoms with Gasteiger partial charge in [-0.2, -0.15) is 0 Å². The van der Waals surface area contributed by atoms with Gasteiger partial charge < -0.3 is 10.6 Å². The van der Waals surface area contributed by atoms with Crippen LogP contribution in [0.1, 0.15) is 48.4 Å². The minimum atomic E-state index is -0.121. The Labute approximate surface area is 150 Å². The summed E-state index contributed by atoms with van der Waals surface area (Å²) in [7, 11) is 0. The first-order valence-electron chi connectivity index (χ1n) is 8.29. The number of anilines is 2. The molecule has 0 bridgehead atoms. The fourth-order valence-electron chi connectivity index (χ4n) is 2.97. The molecule has 0 atom stereocenters. The average Bonchev–Trinajstić information content (AvgIpc) is 2.55. The van der Waals surface area contributed by atoms with Gasteiger partial charge in [-0.05, 0) is 38.0 Å². The molecule has 1 aromatic heterocycles. The Hall–Kier alpha value is -1.95. The number of hydrogen-bond acceptors (Lipinski definition) is 4. The summed E-state index contributed by atoms with van der Waals surface area (Å²) < 4.78 is 0.980. The molecule has 1 fully saturated rings. The Balaban J connectivity index is 1.74. The molecule has 1 aliphatic carbocycles. The van der Waals surface area contributed by atoms with Gasteiger partial charge in [-0.1, -0.05) is 41.3 Å². The summed E-state index contributed by atoms with van der Waals surface area (Å²) >= 11 is 3.45. The van der Waals surface area contributed by atoms with Gasteiger partial charge >= 0.3 is 0 Å². The first-order chi connectivity index (χ1) is 11.6. The maximum Gasteiger partial charge on any atom is 0.270 e. The first kappa shape index (κ1) is 16.9. The summed E-state index contributed by atoms with van der Waals surface area (Å²) in [5.41, 5.74) is 1.31. The number of halogens is 1. The summed E-state index contributed by atoms with van der Waals surface area (Å²) in [6.07, 6.45) is 5.74. The van der Waals surface area contributed by atoms with Crippen LogP contribution in [0, 0.1) is 6.92 Å². The predicted octanol–water partition coefficient (Wildman–Crippen LogP) is 4.35. The van der Waals surface area contributed by atoms with Gasteiger partial charge in [0, 0.05) is 22.3 Å². The normalized spacial score (nSPS) is 15.1. The molecule has 5 nitrogen and oxygen atoms in total. The van der Waals surface area contributed by atoms with Gasteiger partial charge in [-0.3, -0.25) is 4.79 Å². The van der Waals surface area contributed by atoms with Gasteiger partial charge in [0.25, 0.3) is 5.91 Å². The van der Waals surface area contributed by atoms with Crippen molar-refractivity contribution in [3.8, 4) is 0 Å². The van der Waals surface area contributed by atoms with Crippen LogP contribution in [-0.2, 0) is 0 Å². The van der Waals surface area contributed by atoms with E-state index < -0.39 is 0 Å². The number of amides is 1. The van der Waals surface area contributed by atoms with Crippen molar-refractivity contribution in [2.24, 2.45) is 0 Å². The molecule has 0 radical (unpaired) electrons.